The molecule has 0 aliphatic rings. The Labute approximate surface area is 83.7 Å². The Morgan fingerprint density at radius 2 is 2.50 bits per heavy atom. The SMILES string of the molecule is CBNn1cc(I)c(N)nc1=O. The first-order chi connectivity index (χ1) is 5.65. The van der Waals surface area contributed by atoms with Gasteiger partial charge in [-0.25, -0.2) is 9.47 Å². The Kier molecular flexibility index (Phi) is 2.96. The Balaban J connectivity index is 3.14. The fraction of sp³-hybridized carbons (Fsp3) is 0.200. The van der Waals surface area contributed by atoms with E-state index in [1.54, 1.807) is 6.20 Å². The Morgan fingerprint density at radius 3 is 3.08 bits per heavy atom. The largest absolute Gasteiger partial charge is 0.383 e. The van der Waals surface area contributed by atoms with Gasteiger partial charge in [0.05, 0.1) is 3.57 Å². The van der Waals surface area contributed by atoms with Gasteiger partial charge in [0, 0.05) is 6.20 Å². The molecule has 1 aromatic rings. The highest BCUT2D eigenvalue weighted by Gasteiger charge is 2.01. The summed E-state index contributed by atoms with van der Waals surface area (Å²) in [4.78, 5) is 14.7. The number of nitrogens with two attached hydrogens (primary N) is 1. The third-order valence-corrected chi connectivity index (χ3v) is 2.07. The predicted octanol–water partition coefficient (Wildman–Crippen LogP) is -0.627. The molecule has 7 heteroatoms. The van der Waals surface area contributed by atoms with Crippen molar-refractivity contribution in [3.8, 4) is 0 Å². The molecular formula is C5H8BIN4O. The van der Waals surface area contributed by atoms with Gasteiger partial charge in [0.1, 0.15) is 5.82 Å². The van der Waals surface area contributed by atoms with Crippen LogP contribution in [0, 0.1) is 3.57 Å². The number of hydrogen-bond acceptors (Lipinski definition) is 4. The minimum Gasteiger partial charge on any atom is -0.383 e. The molecule has 1 aromatic heterocycles. The third kappa shape index (κ3) is 1.90. The molecule has 0 unspecified atom stereocenters. The number of anilines is 1. The number of nitrogen functional groups attached to an aromatic ring is 1. The summed E-state index contributed by atoms with van der Waals surface area (Å²) in [6, 6.07) is 0. The van der Waals surface area contributed by atoms with Gasteiger partial charge in [-0.3, -0.25) is 0 Å². The van der Waals surface area contributed by atoms with Crippen molar-refractivity contribution in [2.24, 2.45) is 0 Å². The Bertz CT molecular complexity index is 339. The molecule has 0 aliphatic heterocycles. The van der Waals surface area contributed by atoms with E-state index in [9.17, 15) is 4.79 Å². The van der Waals surface area contributed by atoms with E-state index >= 15 is 0 Å². The molecule has 0 atom stereocenters. The van der Waals surface area contributed by atoms with E-state index in [1.165, 1.54) is 4.68 Å². The molecule has 0 saturated carbocycles. The number of nitrogens with one attached hydrogen (secondary N) is 1. The molecule has 0 aliphatic carbocycles. The highest BCUT2D eigenvalue weighted by Crippen LogP contribution is 2.06. The summed E-state index contributed by atoms with van der Waals surface area (Å²) in [6.07, 6.45) is 1.62. The molecule has 0 aromatic carbocycles. The quantitative estimate of drug-likeness (QED) is 0.558. The maximum atomic E-state index is 11.1. The number of hydrogen-bond donors (Lipinski definition) is 2. The molecule has 1 heterocycles. The van der Waals surface area contributed by atoms with Gasteiger partial charge in [0.2, 0.25) is 7.41 Å². The highest BCUT2D eigenvalue weighted by atomic mass is 127. The lowest BCUT2D eigenvalue weighted by Crippen LogP contribution is -2.32. The van der Waals surface area contributed by atoms with Crippen molar-refractivity contribution < 1.29 is 0 Å². The van der Waals surface area contributed by atoms with Crippen LogP contribution in [0.25, 0.3) is 0 Å². The van der Waals surface area contributed by atoms with Gasteiger partial charge in [-0.2, -0.15) is 4.98 Å². The van der Waals surface area contributed by atoms with Gasteiger partial charge in [-0.15, -0.1) is 0 Å². The fourth-order valence-electron chi connectivity index (χ4n) is 0.729. The van der Waals surface area contributed by atoms with Crippen molar-refractivity contribution in [2.45, 2.75) is 6.82 Å². The van der Waals surface area contributed by atoms with Crippen molar-refractivity contribution in [2.75, 3.05) is 11.1 Å². The van der Waals surface area contributed by atoms with E-state index in [0.717, 1.165) is 3.57 Å². The van der Waals surface area contributed by atoms with Crippen LogP contribution in [0.2, 0.25) is 6.82 Å². The number of aromatic nitrogens is 2. The van der Waals surface area contributed by atoms with Gasteiger partial charge < -0.3 is 11.1 Å². The van der Waals surface area contributed by atoms with Crippen LogP contribution in [0.3, 0.4) is 0 Å². The minimum atomic E-state index is -0.380. The average Bonchev–Trinajstić information content (AvgIpc) is 2.01. The van der Waals surface area contributed by atoms with Crippen LogP contribution in [0.4, 0.5) is 5.82 Å². The number of halogens is 1. The summed E-state index contributed by atoms with van der Waals surface area (Å²) >= 11 is 2.02. The monoisotopic (exact) mass is 278 g/mol. The number of nitrogens with zero attached hydrogens (tertiary/aromatic N) is 2. The fourth-order valence-corrected chi connectivity index (χ4v) is 1.13. The Morgan fingerprint density at radius 1 is 1.83 bits per heavy atom. The maximum Gasteiger partial charge on any atom is 0.367 e. The van der Waals surface area contributed by atoms with Crippen molar-refractivity contribution >= 4 is 35.8 Å². The van der Waals surface area contributed by atoms with Crippen LogP contribution in [-0.4, -0.2) is 17.1 Å². The van der Waals surface area contributed by atoms with Crippen LogP contribution >= 0.6 is 22.6 Å². The van der Waals surface area contributed by atoms with Crippen molar-refractivity contribution in [1.82, 2.24) is 9.66 Å². The first kappa shape index (κ1) is 9.36. The topological polar surface area (TPSA) is 72.9 Å². The second kappa shape index (κ2) is 3.79. The zero-order chi connectivity index (χ0) is 9.14. The minimum absolute atomic E-state index is 0.273. The van der Waals surface area contributed by atoms with Crippen molar-refractivity contribution in [1.29, 1.82) is 0 Å². The number of rotatable bonds is 2. The second-order valence-corrected chi connectivity index (χ2v) is 3.30. The zero-order valence-corrected chi connectivity index (χ0v) is 8.70. The lowest BCUT2D eigenvalue weighted by molar-refractivity contribution is 0.862. The Hall–Kier alpha value is -0.725. The smallest absolute Gasteiger partial charge is 0.367 e. The summed E-state index contributed by atoms with van der Waals surface area (Å²) in [6.45, 7) is 1.90. The third-order valence-electron chi connectivity index (χ3n) is 1.24. The summed E-state index contributed by atoms with van der Waals surface area (Å²) < 4.78 is 2.08. The van der Waals surface area contributed by atoms with E-state index in [2.05, 4.69) is 10.3 Å². The predicted molar refractivity (Wildman–Crippen MR) is 58.0 cm³/mol. The lowest BCUT2D eigenvalue weighted by atomic mass is 10.0. The zero-order valence-electron chi connectivity index (χ0n) is 6.54. The first-order valence-electron chi connectivity index (χ1n) is 3.43. The summed E-state index contributed by atoms with van der Waals surface area (Å²) in [5.41, 5.74) is 5.05. The van der Waals surface area contributed by atoms with Gasteiger partial charge in [-0.05, 0) is 22.6 Å². The molecule has 0 spiro atoms. The molecule has 0 bridgehead atoms. The summed E-state index contributed by atoms with van der Waals surface area (Å²) in [5, 5.41) is 2.83. The second-order valence-electron chi connectivity index (χ2n) is 2.14. The molecule has 12 heavy (non-hydrogen) atoms. The maximum absolute atomic E-state index is 11.1. The molecule has 0 amide bonds. The molecule has 0 fully saturated rings. The lowest BCUT2D eigenvalue weighted by Gasteiger charge is -2.06. The van der Waals surface area contributed by atoms with E-state index in [-0.39, 0.29) is 11.5 Å². The van der Waals surface area contributed by atoms with Crippen molar-refractivity contribution in [3.05, 3.63) is 20.3 Å². The molecular weight excluding hydrogens is 270 g/mol. The van der Waals surface area contributed by atoms with Crippen LogP contribution < -0.4 is 16.8 Å². The van der Waals surface area contributed by atoms with E-state index in [0.29, 0.717) is 7.41 Å². The van der Waals surface area contributed by atoms with Gasteiger partial charge in [0.25, 0.3) is 0 Å². The first-order valence-corrected chi connectivity index (χ1v) is 4.51. The summed E-state index contributed by atoms with van der Waals surface area (Å²) in [7, 11) is 0.668. The van der Waals surface area contributed by atoms with E-state index in [4.69, 9.17) is 5.73 Å². The van der Waals surface area contributed by atoms with Crippen LogP contribution in [0.1, 0.15) is 0 Å². The molecule has 1 rings (SSSR count). The average molecular weight is 278 g/mol. The molecule has 0 radical (unpaired) electrons. The summed E-state index contributed by atoms with van der Waals surface area (Å²) in [5.74, 6) is 0.273. The van der Waals surface area contributed by atoms with E-state index in [1.807, 2.05) is 29.4 Å². The van der Waals surface area contributed by atoms with Crippen LogP contribution in [-0.2, 0) is 0 Å². The van der Waals surface area contributed by atoms with Crippen molar-refractivity contribution in [3.63, 3.8) is 0 Å². The van der Waals surface area contributed by atoms with Crippen LogP contribution in [0.5, 0.6) is 0 Å². The van der Waals surface area contributed by atoms with E-state index < -0.39 is 0 Å². The normalized spacial score (nSPS) is 9.50. The van der Waals surface area contributed by atoms with Gasteiger partial charge in [0.15, 0.2) is 0 Å². The van der Waals surface area contributed by atoms with Gasteiger partial charge >= 0.3 is 5.69 Å². The molecule has 5 nitrogen and oxygen atoms in total. The standard InChI is InChI=1S/C5H8BIN4O/c1-6-10-11-2-3(7)4(8)9-5(11)12/h2,6,10H,1H3,(H2,8,9,12). The highest BCUT2D eigenvalue weighted by molar-refractivity contribution is 14.1. The van der Waals surface area contributed by atoms with Crippen LogP contribution in [0.15, 0.2) is 11.0 Å². The molecule has 3 N–H and O–H groups in total. The van der Waals surface area contributed by atoms with Gasteiger partial charge in [-0.1, -0.05) is 6.82 Å². The molecule has 0 saturated heterocycles. The molecule has 64 valence electrons.